The van der Waals surface area contributed by atoms with Crippen molar-refractivity contribution in [3.8, 4) is 0 Å². The standard InChI is InChI=1S/C21H18ClF3N2O2S/c1-12-7-8-16(22)18-17(12)26-20(30-18)27(11-15-6-3-9-29-15)19(28)13-4-2-5-14(10-13)21(23,24)25/h2,4-5,7-8,10,15H,3,6,9,11H2,1H3. The van der Waals surface area contributed by atoms with E-state index in [0.717, 1.165) is 35.2 Å². The molecule has 1 atom stereocenters. The molecule has 30 heavy (non-hydrogen) atoms. The number of hydrogen-bond acceptors (Lipinski definition) is 4. The molecule has 1 saturated heterocycles. The molecule has 1 aliphatic rings. The first-order chi connectivity index (χ1) is 14.2. The molecule has 158 valence electrons. The zero-order chi connectivity index (χ0) is 21.5. The van der Waals surface area contributed by atoms with E-state index in [9.17, 15) is 18.0 Å². The Morgan fingerprint density at radius 1 is 1.33 bits per heavy atom. The van der Waals surface area contributed by atoms with E-state index in [1.807, 2.05) is 13.0 Å². The minimum absolute atomic E-state index is 0.0510. The van der Waals surface area contributed by atoms with Crippen LogP contribution >= 0.6 is 22.9 Å². The quantitative estimate of drug-likeness (QED) is 0.478. The summed E-state index contributed by atoms with van der Waals surface area (Å²) in [7, 11) is 0. The van der Waals surface area contributed by atoms with Crippen LogP contribution in [-0.4, -0.2) is 30.1 Å². The Balaban J connectivity index is 1.76. The van der Waals surface area contributed by atoms with Gasteiger partial charge in [-0.25, -0.2) is 4.98 Å². The van der Waals surface area contributed by atoms with Crippen LogP contribution < -0.4 is 4.90 Å². The Morgan fingerprint density at radius 2 is 2.13 bits per heavy atom. The molecule has 1 fully saturated rings. The maximum atomic E-state index is 13.3. The van der Waals surface area contributed by atoms with Crippen molar-refractivity contribution in [1.29, 1.82) is 0 Å². The molecule has 3 aromatic rings. The van der Waals surface area contributed by atoms with E-state index in [2.05, 4.69) is 4.98 Å². The Hall–Kier alpha value is -2.16. The summed E-state index contributed by atoms with van der Waals surface area (Å²) < 4.78 is 45.8. The monoisotopic (exact) mass is 454 g/mol. The zero-order valence-electron chi connectivity index (χ0n) is 16.0. The maximum absolute atomic E-state index is 13.3. The lowest BCUT2D eigenvalue weighted by atomic mass is 10.1. The average molecular weight is 455 g/mol. The number of carbonyl (C=O) groups excluding carboxylic acids is 1. The number of halogens is 4. The molecule has 2 heterocycles. The number of fused-ring (bicyclic) bond motifs is 1. The second kappa shape index (κ2) is 8.17. The van der Waals surface area contributed by atoms with E-state index in [-0.39, 0.29) is 18.2 Å². The lowest BCUT2D eigenvalue weighted by molar-refractivity contribution is -0.137. The fraction of sp³-hybridized carbons (Fsp3) is 0.333. The molecule has 0 N–H and O–H groups in total. The van der Waals surface area contributed by atoms with Crippen molar-refractivity contribution in [2.24, 2.45) is 0 Å². The van der Waals surface area contributed by atoms with Crippen molar-refractivity contribution in [2.75, 3.05) is 18.1 Å². The average Bonchev–Trinajstić information content (AvgIpc) is 3.38. The van der Waals surface area contributed by atoms with Gasteiger partial charge in [0.2, 0.25) is 0 Å². The normalized spacial score (nSPS) is 16.9. The van der Waals surface area contributed by atoms with E-state index in [0.29, 0.717) is 22.3 Å². The molecule has 4 nitrogen and oxygen atoms in total. The zero-order valence-corrected chi connectivity index (χ0v) is 17.6. The van der Waals surface area contributed by atoms with Crippen LogP contribution in [0.25, 0.3) is 10.2 Å². The van der Waals surface area contributed by atoms with Crippen molar-refractivity contribution in [1.82, 2.24) is 4.98 Å². The number of aromatic nitrogens is 1. The Kier molecular flexibility index (Phi) is 5.74. The molecule has 0 saturated carbocycles. The number of nitrogens with zero attached hydrogens (tertiary/aromatic N) is 2. The largest absolute Gasteiger partial charge is 0.416 e. The van der Waals surface area contributed by atoms with E-state index in [1.165, 1.54) is 28.4 Å². The highest BCUT2D eigenvalue weighted by Gasteiger charge is 2.32. The molecular weight excluding hydrogens is 437 g/mol. The number of anilines is 1. The molecule has 1 aromatic heterocycles. The molecule has 9 heteroatoms. The minimum atomic E-state index is -4.53. The van der Waals surface area contributed by atoms with Gasteiger partial charge in [0.25, 0.3) is 5.91 Å². The van der Waals surface area contributed by atoms with Gasteiger partial charge in [-0.15, -0.1) is 0 Å². The predicted octanol–water partition coefficient (Wildman–Crippen LogP) is 6.10. The molecule has 0 bridgehead atoms. The minimum Gasteiger partial charge on any atom is -0.376 e. The summed E-state index contributed by atoms with van der Waals surface area (Å²) in [6.07, 6.45) is -3.07. The fourth-order valence-electron chi connectivity index (χ4n) is 3.43. The molecule has 0 spiro atoms. The van der Waals surface area contributed by atoms with Crippen LogP contribution in [0, 0.1) is 6.92 Å². The second-order valence-electron chi connectivity index (χ2n) is 7.17. The van der Waals surface area contributed by atoms with Gasteiger partial charge >= 0.3 is 6.18 Å². The highest BCUT2D eigenvalue weighted by atomic mass is 35.5. The van der Waals surface area contributed by atoms with Gasteiger partial charge in [0, 0.05) is 12.2 Å². The number of ether oxygens (including phenoxy) is 1. The summed E-state index contributed by atoms with van der Waals surface area (Å²) in [5, 5.41) is 0.905. The Bertz CT molecular complexity index is 1050. The van der Waals surface area contributed by atoms with Gasteiger partial charge in [0.15, 0.2) is 5.13 Å². The molecule has 2 aromatic carbocycles. The van der Waals surface area contributed by atoms with Crippen molar-refractivity contribution < 1.29 is 22.7 Å². The summed E-state index contributed by atoms with van der Waals surface area (Å²) >= 11 is 7.55. The van der Waals surface area contributed by atoms with Crippen molar-refractivity contribution >= 4 is 44.2 Å². The van der Waals surface area contributed by atoms with Gasteiger partial charge in [0.05, 0.1) is 33.5 Å². The van der Waals surface area contributed by atoms with Crippen LogP contribution in [0.1, 0.15) is 34.3 Å². The molecule has 0 radical (unpaired) electrons. The third-order valence-electron chi connectivity index (χ3n) is 5.01. The molecule has 1 aliphatic heterocycles. The smallest absolute Gasteiger partial charge is 0.376 e. The van der Waals surface area contributed by atoms with E-state index < -0.39 is 17.6 Å². The Morgan fingerprint density at radius 3 is 2.80 bits per heavy atom. The van der Waals surface area contributed by atoms with Crippen LogP contribution in [0.4, 0.5) is 18.3 Å². The van der Waals surface area contributed by atoms with E-state index in [1.54, 1.807) is 6.07 Å². The number of amides is 1. The number of benzene rings is 2. The number of carbonyl (C=O) groups is 1. The second-order valence-corrected chi connectivity index (χ2v) is 8.55. The molecule has 1 amide bonds. The number of alkyl halides is 3. The predicted molar refractivity (Wildman–Crippen MR) is 111 cm³/mol. The van der Waals surface area contributed by atoms with Gasteiger partial charge in [-0.05, 0) is 49.6 Å². The van der Waals surface area contributed by atoms with Crippen molar-refractivity contribution in [2.45, 2.75) is 32.0 Å². The molecule has 1 unspecified atom stereocenters. The number of rotatable bonds is 4. The first-order valence-electron chi connectivity index (χ1n) is 9.40. The summed E-state index contributed by atoms with van der Waals surface area (Å²) in [6.45, 7) is 2.70. The van der Waals surface area contributed by atoms with Crippen LogP contribution in [-0.2, 0) is 10.9 Å². The first kappa shape index (κ1) is 21.1. The number of thiazole rings is 1. The van der Waals surface area contributed by atoms with Crippen LogP contribution in [0.5, 0.6) is 0 Å². The van der Waals surface area contributed by atoms with Crippen molar-refractivity contribution in [3.63, 3.8) is 0 Å². The van der Waals surface area contributed by atoms with Crippen LogP contribution in [0.3, 0.4) is 0 Å². The summed E-state index contributed by atoms with van der Waals surface area (Å²) in [5.74, 6) is -0.551. The topological polar surface area (TPSA) is 42.4 Å². The van der Waals surface area contributed by atoms with Gasteiger partial charge in [0.1, 0.15) is 0 Å². The SMILES string of the molecule is Cc1ccc(Cl)c2sc(N(CC3CCCO3)C(=O)c3cccc(C(F)(F)F)c3)nc12. The summed E-state index contributed by atoms with van der Waals surface area (Å²) in [6, 6.07) is 8.04. The highest BCUT2D eigenvalue weighted by Crippen LogP contribution is 2.37. The van der Waals surface area contributed by atoms with Crippen molar-refractivity contribution in [3.05, 3.63) is 58.1 Å². The molecule has 4 rings (SSSR count). The first-order valence-corrected chi connectivity index (χ1v) is 10.6. The van der Waals surface area contributed by atoms with Gasteiger partial charge in [-0.1, -0.05) is 35.1 Å². The summed E-state index contributed by atoms with van der Waals surface area (Å²) in [4.78, 5) is 19.3. The van der Waals surface area contributed by atoms with Gasteiger partial charge < -0.3 is 4.74 Å². The highest BCUT2D eigenvalue weighted by molar-refractivity contribution is 7.23. The van der Waals surface area contributed by atoms with E-state index in [4.69, 9.17) is 16.3 Å². The third-order valence-corrected chi connectivity index (χ3v) is 6.55. The third kappa shape index (κ3) is 4.17. The molecular formula is C21H18ClF3N2O2S. The van der Waals surface area contributed by atoms with Crippen LogP contribution in [0.15, 0.2) is 36.4 Å². The van der Waals surface area contributed by atoms with E-state index >= 15 is 0 Å². The Labute approximate surface area is 180 Å². The summed E-state index contributed by atoms with van der Waals surface area (Å²) in [5.41, 5.74) is 0.663. The lowest BCUT2D eigenvalue weighted by Gasteiger charge is -2.23. The van der Waals surface area contributed by atoms with Gasteiger partial charge in [-0.2, -0.15) is 13.2 Å². The maximum Gasteiger partial charge on any atom is 0.416 e. The number of hydrogen-bond donors (Lipinski definition) is 0. The fourth-order valence-corrected chi connectivity index (χ4v) is 4.75. The van der Waals surface area contributed by atoms with Crippen LogP contribution in [0.2, 0.25) is 5.02 Å². The lowest BCUT2D eigenvalue weighted by Crippen LogP contribution is -2.37. The van der Waals surface area contributed by atoms with Gasteiger partial charge in [-0.3, -0.25) is 9.69 Å². The number of aryl methyl sites for hydroxylation is 1. The molecule has 0 aliphatic carbocycles.